The smallest absolute Gasteiger partial charge is 0.193 e. The van der Waals surface area contributed by atoms with Gasteiger partial charge in [-0.2, -0.15) is 0 Å². The summed E-state index contributed by atoms with van der Waals surface area (Å²) in [6.07, 6.45) is 5.32. The van der Waals surface area contributed by atoms with Gasteiger partial charge in [0.25, 0.3) is 0 Å². The van der Waals surface area contributed by atoms with Crippen LogP contribution in [-0.4, -0.2) is 15.3 Å². The fraction of sp³-hybridized carbons (Fsp3) is 0. The fourth-order valence-electron chi connectivity index (χ4n) is 1.96. The molecule has 3 aromatic rings. The molecule has 1 aromatic heterocycles. The number of ketones is 1. The number of halogens is 1. The van der Waals surface area contributed by atoms with Gasteiger partial charge in [-0.3, -0.25) is 4.79 Å². The topological polar surface area (TPSA) is 34.9 Å². The zero-order valence-corrected chi connectivity index (χ0v) is 12.1. The van der Waals surface area contributed by atoms with Gasteiger partial charge < -0.3 is 4.57 Å². The Morgan fingerprint density at radius 2 is 1.55 bits per heavy atom. The number of nitrogens with zero attached hydrogens (tertiary/aromatic N) is 2. The van der Waals surface area contributed by atoms with E-state index in [1.165, 1.54) is 0 Å². The van der Waals surface area contributed by atoms with Crippen molar-refractivity contribution in [2.45, 2.75) is 0 Å². The predicted molar refractivity (Wildman–Crippen MR) is 81.1 cm³/mol. The molecule has 0 spiro atoms. The van der Waals surface area contributed by atoms with Crippen LogP contribution in [0.1, 0.15) is 15.9 Å². The number of rotatable bonds is 3. The van der Waals surface area contributed by atoms with E-state index in [0.29, 0.717) is 11.1 Å². The lowest BCUT2D eigenvalue weighted by molar-refractivity contribution is 0.103. The molecule has 98 valence electrons. The van der Waals surface area contributed by atoms with Crippen LogP contribution >= 0.6 is 15.9 Å². The van der Waals surface area contributed by atoms with Gasteiger partial charge in [-0.25, -0.2) is 4.98 Å². The molecule has 0 N–H and O–H groups in total. The monoisotopic (exact) mass is 326 g/mol. The molecule has 0 saturated heterocycles. The first-order valence-electron chi connectivity index (χ1n) is 6.13. The summed E-state index contributed by atoms with van der Waals surface area (Å²) in [5.41, 5.74) is 2.34. The Labute approximate surface area is 125 Å². The molecule has 0 aliphatic heterocycles. The van der Waals surface area contributed by atoms with Gasteiger partial charge in [-0.15, -0.1) is 0 Å². The van der Waals surface area contributed by atoms with Crippen molar-refractivity contribution in [3.05, 3.63) is 82.9 Å². The first-order chi connectivity index (χ1) is 9.74. The Morgan fingerprint density at radius 3 is 2.10 bits per heavy atom. The lowest BCUT2D eigenvalue weighted by atomic mass is 10.0. The van der Waals surface area contributed by atoms with Crippen molar-refractivity contribution < 1.29 is 4.79 Å². The van der Waals surface area contributed by atoms with Gasteiger partial charge in [-0.1, -0.05) is 15.9 Å². The average molecular weight is 327 g/mol. The highest BCUT2D eigenvalue weighted by Crippen LogP contribution is 2.16. The molecule has 1 heterocycles. The van der Waals surface area contributed by atoms with Gasteiger partial charge in [0, 0.05) is 33.7 Å². The quantitative estimate of drug-likeness (QED) is 0.685. The number of carbonyl (C=O) groups is 1. The molecule has 0 fully saturated rings. The van der Waals surface area contributed by atoms with Crippen LogP contribution in [0.4, 0.5) is 0 Å². The summed E-state index contributed by atoms with van der Waals surface area (Å²) in [5, 5.41) is 0. The molecule has 0 amide bonds. The van der Waals surface area contributed by atoms with Crippen LogP contribution in [0.3, 0.4) is 0 Å². The lowest BCUT2D eigenvalue weighted by Gasteiger charge is -2.04. The van der Waals surface area contributed by atoms with Gasteiger partial charge >= 0.3 is 0 Å². The summed E-state index contributed by atoms with van der Waals surface area (Å²) in [6.45, 7) is 0. The summed E-state index contributed by atoms with van der Waals surface area (Å²) in [5.74, 6) is 0.0229. The van der Waals surface area contributed by atoms with Crippen LogP contribution in [-0.2, 0) is 0 Å². The van der Waals surface area contributed by atoms with E-state index in [-0.39, 0.29) is 5.78 Å². The minimum absolute atomic E-state index is 0.0229. The highest BCUT2D eigenvalue weighted by molar-refractivity contribution is 9.10. The highest BCUT2D eigenvalue weighted by atomic mass is 79.9. The van der Waals surface area contributed by atoms with Crippen molar-refractivity contribution in [1.29, 1.82) is 0 Å². The number of aromatic nitrogens is 2. The molecule has 0 saturated carbocycles. The number of hydrogen-bond donors (Lipinski definition) is 0. The van der Waals surface area contributed by atoms with Crippen molar-refractivity contribution in [3.63, 3.8) is 0 Å². The predicted octanol–water partition coefficient (Wildman–Crippen LogP) is 3.87. The first-order valence-corrected chi connectivity index (χ1v) is 6.92. The fourth-order valence-corrected chi connectivity index (χ4v) is 2.23. The van der Waals surface area contributed by atoms with E-state index in [0.717, 1.165) is 10.2 Å². The maximum atomic E-state index is 12.3. The van der Waals surface area contributed by atoms with Crippen LogP contribution in [0.2, 0.25) is 0 Å². The summed E-state index contributed by atoms with van der Waals surface area (Å²) in [7, 11) is 0. The maximum Gasteiger partial charge on any atom is 0.193 e. The molecule has 3 rings (SSSR count). The zero-order chi connectivity index (χ0) is 13.9. The largest absolute Gasteiger partial charge is 0.306 e. The Bertz CT molecular complexity index is 716. The van der Waals surface area contributed by atoms with Crippen molar-refractivity contribution in [2.75, 3.05) is 0 Å². The second-order valence-electron chi connectivity index (χ2n) is 4.35. The third kappa shape index (κ3) is 2.56. The second-order valence-corrected chi connectivity index (χ2v) is 5.27. The van der Waals surface area contributed by atoms with E-state index in [1.54, 1.807) is 12.5 Å². The van der Waals surface area contributed by atoms with Crippen LogP contribution in [0, 0.1) is 0 Å². The molecule has 0 bridgehead atoms. The summed E-state index contributed by atoms with van der Waals surface area (Å²) in [4.78, 5) is 16.3. The molecule has 0 radical (unpaired) electrons. The highest BCUT2D eigenvalue weighted by Gasteiger charge is 2.08. The van der Waals surface area contributed by atoms with Gasteiger partial charge in [0.1, 0.15) is 0 Å². The normalized spacial score (nSPS) is 10.4. The van der Waals surface area contributed by atoms with E-state index in [2.05, 4.69) is 20.9 Å². The standard InChI is InChI=1S/C16H11BrN2O/c17-14-5-1-12(2-6-14)16(20)13-3-7-15(8-4-13)19-10-9-18-11-19/h1-11H. The van der Waals surface area contributed by atoms with Crippen LogP contribution in [0.5, 0.6) is 0 Å². The Balaban J connectivity index is 1.87. The second kappa shape index (κ2) is 5.43. The molecule has 0 aliphatic carbocycles. The summed E-state index contributed by atoms with van der Waals surface area (Å²) >= 11 is 3.36. The van der Waals surface area contributed by atoms with Gasteiger partial charge in [-0.05, 0) is 48.5 Å². The minimum Gasteiger partial charge on any atom is -0.306 e. The minimum atomic E-state index is 0.0229. The van der Waals surface area contributed by atoms with Gasteiger partial charge in [0.2, 0.25) is 0 Å². The molecular formula is C16H11BrN2O. The van der Waals surface area contributed by atoms with E-state index in [4.69, 9.17) is 0 Å². The molecule has 0 unspecified atom stereocenters. The van der Waals surface area contributed by atoms with Gasteiger partial charge in [0.05, 0.1) is 6.33 Å². The van der Waals surface area contributed by atoms with Crippen LogP contribution in [0.15, 0.2) is 71.7 Å². The molecule has 2 aromatic carbocycles. The number of hydrogen-bond acceptors (Lipinski definition) is 2. The molecule has 20 heavy (non-hydrogen) atoms. The van der Waals surface area contributed by atoms with E-state index in [9.17, 15) is 4.79 Å². The first kappa shape index (κ1) is 12.8. The average Bonchev–Trinajstić information content (AvgIpc) is 3.02. The van der Waals surface area contributed by atoms with Crippen molar-refractivity contribution in [3.8, 4) is 5.69 Å². The molecule has 0 atom stereocenters. The van der Waals surface area contributed by atoms with Crippen molar-refractivity contribution in [1.82, 2.24) is 9.55 Å². The van der Waals surface area contributed by atoms with E-state index in [1.807, 2.05) is 59.3 Å². The molecular weight excluding hydrogens is 316 g/mol. The molecule has 0 aliphatic rings. The number of imidazole rings is 1. The Morgan fingerprint density at radius 1 is 0.950 bits per heavy atom. The third-order valence-electron chi connectivity index (χ3n) is 3.04. The number of carbonyl (C=O) groups excluding carboxylic acids is 1. The molecule has 3 nitrogen and oxygen atoms in total. The van der Waals surface area contributed by atoms with Crippen LogP contribution in [0.25, 0.3) is 5.69 Å². The Hall–Kier alpha value is -2.20. The third-order valence-corrected chi connectivity index (χ3v) is 3.57. The van der Waals surface area contributed by atoms with E-state index >= 15 is 0 Å². The van der Waals surface area contributed by atoms with Gasteiger partial charge in [0.15, 0.2) is 5.78 Å². The van der Waals surface area contributed by atoms with Crippen molar-refractivity contribution >= 4 is 21.7 Å². The van der Waals surface area contributed by atoms with E-state index < -0.39 is 0 Å². The lowest BCUT2D eigenvalue weighted by Crippen LogP contribution is -2.01. The SMILES string of the molecule is O=C(c1ccc(Br)cc1)c1ccc(-n2ccnc2)cc1. The van der Waals surface area contributed by atoms with Crippen LogP contribution < -0.4 is 0 Å². The zero-order valence-electron chi connectivity index (χ0n) is 10.5. The number of benzene rings is 2. The Kier molecular flexibility index (Phi) is 3.48. The summed E-state index contributed by atoms with van der Waals surface area (Å²) < 4.78 is 2.86. The summed E-state index contributed by atoms with van der Waals surface area (Å²) in [6, 6.07) is 14.9. The maximum absolute atomic E-state index is 12.3. The van der Waals surface area contributed by atoms with Crippen molar-refractivity contribution in [2.24, 2.45) is 0 Å². The molecule has 4 heteroatoms.